The number of primary amides is 1. The normalized spacial score (nSPS) is 19.2. The fourth-order valence-corrected chi connectivity index (χ4v) is 3.07. The van der Waals surface area contributed by atoms with Crippen LogP contribution in [0, 0.1) is 0 Å². The van der Waals surface area contributed by atoms with Gasteiger partial charge < -0.3 is 16.0 Å². The van der Waals surface area contributed by atoms with Crippen LogP contribution in [0.3, 0.4) is 0 Å². The van der Waals surface area contributed by atoms with Gasteiger partial charge in [-0.3, -0.25) is 4.79 Å². The van der Waals surface area contributed by atoms with Gasteiger partial charge in [0.15, 0.2) is 0 Å². The largest absolute Gasteiger partial charge is 0.367 e. The summed E-state index contributed by atoms with van der Waals surface area (Å²) in [6.07, 6.45) is 2.41. The summed E-state index contributed by atoms with van der Waals surface area (Å²) in [7, 11) is 1.97. The van der Waals surface area contributed by atoms with Crippen LogP contribution in [0.2, 0.25) is 0 Å². The fraction of sp³-hybridized carbons (Fsp3) is 0.462. The molecule has 4 nitrogen and oxygen atoms in total. The fourth-order valence-electron chi connectivity index (χ4n) is 2.51. The summed E-state index contributed by atoms with van der Waals surface area (Å²) in [5, 5.41) is 3.23. The van der Waals surface area contributed by atoms with Crippen molar-refractivity contribution in [1.82, 2.24) is 5.32 Å². The van der Waals surface area contributed by atoms with E-state index in [0.717, 1.165) is 23.2 Å². The summed E-state index contributed by atoms with van der Waals surface area (Å²) in [5.41, 5.74) is 6.97. The number of hydrogen-bond acceptors (Lipinski definition) is 3. The van der Waals surface area contributed by atoms with E-state index in [-0.39, 0.29) is 0 Å². The number of nitrogens with one attached hydrogen (secondary N) is 1. The van der Waals surface area contributed by atoms with Gasteiger partial charge in [-0.15, -0.1) is 0 Å². The maximum Gasteiger partial charge on any atom is 0.249 e. The number of nitrogens with two attached hydrogens (primary N) is 1. The second kappa shape index (κ2) is 5.71. The van der Waals surface area contributed by atoms with Gasteiger partial charge in [-0.25, -0.2) is 0 Å². The number of anilines is 1. The third-order valence-corrected chi connectivity index (χ3v) is 4.02. The molecule has 1 saturated heterocycles. The van der Waals surface area contributed by atoms with E-state index >= 15 is 0 Å². The molecule has 1 aromatic carbocycles. The van der Waals surface area contributed by atoms with Crippen molar-refractivity contribution < 1.29 is 4.79 Å². The summed E-state index contributed by atoms with van der Waals surface area (Å²) in [6.45, 7) is 2.05. The van der Waals surface area contributed by atoms with Crippen molar-refractivity contribution in [3.63, 3.8) is 0 Å². The quantitative estimate of drug-likeness (QED) is 0.890. The Morgan fingerprint density at radius 1 is 1.61 bits per heavy atom. The number of rotatable bonds is 4. The van der Waals surface area contributed by atoms with Crippen molar-refractivity contribution in [3.05, 3.63) is 28.2 Å². The number of carbonyl (C=O) groups excluding carboxylic acids is 1. The van der Waals surface area contributed by atoms with Crippen molar-refractivity contribution in [1.29, 1.82) is 0 Å². The molecule has 98 valence electrons. The maximum absolute atomic E-state index is 11.2. The SMILES string of the molecule is CNCC1CCCN1c1ccc(C(N)=O)c(Br)c1. The summed E-state index contributed by atoms with van der Waals surface area (Å²) in [5.74, 6) is -0.401. The summed E-state index contributed by atoms with van der Waals surface area (Å²) < 4.78 is 0.766. The molecule has 0 aromatic heterocycles. The molecule has 1 heterocycles. The number of amides is 1. The van der Waals surface area contributed by atoms with E-state index < -0.39 is 5.91 Å². The average molecular weight is 312 g/mol. The van der Waals surface area contributed by atoms with Crippen molar-refractivity contribution in [2.45, 2.75) is 18.9 Å². The zero-order valence-corrected chi connectivity index (χ0v) is 12.0. The predicted octanol–water partition coefficient (Wildman–Crippen LogP) is 1.74. The highest BCUT2D eigenvalue weighted by molar-refractivity contribution is 9.10. The zero-order chi connectivity index (χ0) is 13.1. The highest BCUT2D eigenvalue weighted by Crippen LogP contribution is 2.29. The summed E-state index contributed by atoms with van der Waals surface area (Å²) in [6, 6.07) is 6.27. The van der Waals surface area contributed by atoms with Gasteiger partial charge in [0.2, 0.25) is 5.91 Å². The van der Waals surface area contributed by atoms with Crippen LogP contribution in [0.5, 0.6) is 0 Å². The second-order valence-electron chi connectivity index (χ2n) is 4.58. The molecule has 0 aliphatic carbocycles. The third kappa shape index (κ3) is 2.67. The Hall–Kier alpha value is -1.07. The molecule has 0 radical (unpaired) electrons. The topological polar surface area (TPSA) is 58.4 Å². The van der Waals surface area contributed by atoms with Crippen LogP contribution >= 0.6 is 15.9 Å². The number of benzene rings is 1. The molecule has 2 rings (SSSR count). The summed E-state index contributed by atoms with van der Waals surface area (Å²) >= 11 is 3.41. The van der Waals surface area contributed by atoms with Crippen LogP contribution in [0.25, 0.3) is 0 Å². The molecule has 1 fully saturated rings. The Balaban J connectivity index is 2.23. The van der Waals surface area contributed by atoms with Gasteiger partial charge in [0.05, 0.1) is 5.56 Å². The molecule has 1 amide bonds. The number of nitrogens with zero attached hydrogens (tertiary/aromatic N) is 1. The Labute approximate surface area is 116 Å². The van der Waals surface area contributed by atoms with Crippen LogP contribution in [-0.4, -0.2) is 32.1 Å². The van der Waals surface area contributed by atoms with E-state index in [9.17, 15) is 4.79 Å². The second-order valence-corrected chi connectivity index (χ2v) is 5.43. The van der Waals surface area contributed by atoms with Crippen molar-refractivity contribution in [3.8, 4) is 0 Å². The van der Waals surface area contributed by atoms with E-state index in [1.807, 2.05) is 19.2 Å². The highest BCUT2D eigenvalue weighted by atomic mass is 79.9. The van der Waals surface area contributed by atoms with E-state index in [0.29, 0.717) is 11.6 Å². The Morgan fingerprint density at radius 3 is 3.00 bits per heavy atom. The molecule has 5 heteroatoms. The van der Waals surface area contributed by atoms with E-state index in [1.165, 1.54) is 12.8 Å². The predicted molar refractivity (Wildman–Crippen MR) is 77.0 cm³/mol. The molecular formula is C13H18BrN3O. The van der Waals surface area contributed by atoms with Crippen LogP contribution in [0.4, 0.5) is 5.69 Å². The number of carbonyl (C=O) groups is 1. The average Bonchev–Trinajstić information content (AvgIpc) is 2.77. The smallest absolute Gasteiger partial charge is 0.249 e. The molecule has 0 bridgehead atoms. The molecular weight excluding hydrogens is 294 g/mol. The minimum Gasteiger partial charge on any atom is -0.367 e. The van der Waals surface area contributed by atoms with Crippen LogP contribution in [0.1, 0.15) is 23.2 Å². The van der Waals surface area contributed by atoms with Gasteiger partial charge in [0, 0.05) is 29.3 Å². The van der Waals surface area contributed by atoms with Gasteiger partial charge in [-0.05, 0) is 54.0 Å². The van der Waals surface area contributed by atoms with Gasteiger partial charge in [-0.2, -0.15) is 0 Å². The molecule has 3 N–H and O–H groups in total. The lowest BCUT2D eigenvalue weighted by Crippen LogP contribution is -2.36. The number of likely N-dealkylation sites (N-methyl/N-ethyl adjacent to an activating group) is 1. The van der Waals surface area contributed by atoms with Crippen LogP contribution in [-0.2, 0) is 0 Å². The Morgan fingerprint density at radius 2 is 2.39 bits per heavy atom. The monoisotopic (exact) mass is 311 g/mol. The first-order valence-electron chi connectivity index (χ1n) is 6.14. The highest BCUT2D eigenvalue weighted by Gasteiger charge is 2.24. The number of hydrogen-bond donors (Lipinski definition) is 2. The number of halogens is 1. The molecule has 1 aliphatic rings. The Bertz CT molecular complexity index is 450. The van der Waals surface area contributed by atoms with Gasteiger partial charge in [0.25, 0.3) is 0 Å². The van der Waals surface area contributed by atoms with Crippen molar-refractivity contribution >= 4 is 27.5 Å². The van der Waals surface area contributed by atoms with Crippen LogP contribution < -0.4 is 16.0 Å². The molecule has 1 atom stereocenters. The first-order chi connectivity index (χ1) is 8.63. The van der Waals surface area contributed by atoms with E-state index in [1.54, 1.807) is 6.07 Å². The van der Waals surface area contributed by atoms with Crippen molar-refractivity contribution in [2.24, 2.45) is 5.73 Å². The summed E-state index contributed by atoms with van der Waals surface area (Å²) in [4.78, 5) is 13.6. The lowest BCUT2D eigenvalue weighted by atomic mass is 10.1. The first-order valence-corrected chi connectivity index (χ1v) is 6.93. The molecule has 1 aromatic rings. The minimum atomic E-state index is -0.401. The maximum atomic E-state index is 11.2. The molecule has 1 aliphatic heterocycles. The zero-order valence-electron chi connectivity index (χ0n) is 10.4. The first kappa shape index (κ1) is 13.4. The standard InChI is InChI=1S/C13H18BrN3O/c1-16-8-10-3-2-6-17(10)9-4-5-11(13(15)18)12(14)7-9/h4-5,7,10,16H,2-3,6,8H2,1H3,(H2,15,18). The molecule has 18 heavy (non-hydrogen) atoms. The van der Waals surface area contributed by atoms with Gasteiger partial charge in [0.1, 0.15) is 0 Å². The molecule has 1 unspecified atom stereocenters. The lowest BCUT2D eigenvalue weighted by molar-refractivity contribution is 0.0999. The Kier molecular flexibility index (Phi) is 4.24. The van der Waals surface area contributed by atoms with Crippen molar-refractivity contribution in [2.75, 3.05) is 25.0 Å². The van der Waals surface area contributed by atoms with E-state index in [4.69, 9.17) is 5.73 Å². The third-order valence-electron chi connectivity index (χ3n) is 3.37. The van der Waals surface area contributed by atoms with Gasteiger partial charge in [-0.1, -0.05) is 0 Å². The minimum absolute atomic E-state index is 0.401. The molecule has 0 spiro atoms. The lowest BCUT2D eigenvalue weighted by Gasteiger charge is -2.27. The van der Waals surface area contributed by atoms with Gasteiger partial charge >= 0.3 is 0 Å². The van der Waals surface area contributed by atoms with Crippen LogP contribution in [0.15, 0.2) is 22.7 Å². The van der Waals surface area contributed by atoms with E-state index in [2.05, 4.69) is 26.1 Å². The molecule has 0 saturated carbocycles.